The maximum Gasteiger partial charge on any atom is 0.237 e. The Labute approximate surface area is 153 Å². The van der Waals surface area contributed by atoms with E-state index in [4.69, 9.17) is 0 Å². The number of likely N-dealkylation sites (N-methyl/N-ethyl adjacent to an activating group) is 1. The van der Waals surface area contributed by atoms with E-state index in [1.807, 2.05) is 0 Å². The SMILES string of the molecule is CN(CCNC(=O)C1CC2CCCCC2N1)C1CCCC1.Cl.Cl. The Morgan fingerprint density at radius 2 is 1.74 bits per heavy atom. The molecule has 3 aliphatic rings. The predicted octanol–water partition coefficient (Wildman–Crippen LogP) is 2.74. The number of nitrogens with zero attached hydrogens (tertiary/aromatic N) is 1. The monoisotopic (exact) mass is 365 g/mol. The molecule has 4 nitrogen and oxygen atoms in total. The van der Waals surface area contributed by atoms with Gasteiger partial charge in [-0.1, -0.05) is 25.7 Å². The normalized spacial score (nSPS) is 30.4. The molecule has 0 aromatic heterocycles. The maximum atomic E-state index is 12.3. The van der Waals surface area contributed by atoms with Gasteiger partial charge in [-0.25, -0.2) is 0 Å². The van der Waals surface area contributed by atoms with Gasteiger partial charge >= 0.3 is 0 Å². The number of carbonyl (C=O) groups is 1. The van der Waals surface area contributed by atoms with E-state index in [0.717, 1.165) is 31.5 Å². The Bertz CT molecular complexity index is 350. The fraction of sp³-hybridized carbons (Fsp3) is 0.941. The minimum Gasteiger partial charge on any atom is -0.353 e. The van der Waals surface area contributed by atoms with Gasteiger partial charge in [0, 0.05) is 25.2 Å². The molecule has 0 aromatic rings. The second kappa shape index (κ2) is 10.1. The van der Waals surface area contributed by atoms with E-state index in [9.17, 15) is 4.79 Å². The molecule has 2 saturated carbocycles. The van der Waals surface area contributed by atoms with Gasteiger partial charge in [0.15, 0.2) is 0 Å². The van der Waals surface area contributed by atoms with Crippen LogP contribution in [0.25, 0.3) is 0 Å². The maximum absolute atomic E-state index is 12.3. The number of hydrogen-bond acceptors (Lipinski definition) is 3. The van der Waals surface area contributed by atoms with Gasteiger partial charge in [0.2, 0.25) is 5.91 Å². The highest BCUT2D eigenvalue weighted by molar-refractivity contribution is 5.85. The number of hydrogen-bond donors (Lipinski definition) is 2. The van der Waals surface area contributed by atoms with Crippen molar-refractivity contribution in [2.75, 3.05) is 20.1 Å². The Kier molecular flexibility index (Phi) is 9.20. The summed E-state index contributed by atoms with van der Waals surface area (Å²) in [5.74, 6) is 0.972. The third kappa shape index (κ3) is 5.48. The Morgan fingerprint density at radius 3 is 2.43 bits per heavy atom. The van der Waals surface area contributed by atoms with Crippen LogP contribution in [0.2, 0.25) is 0 Å². The zero-order chi connectivity index (χ0) is 14.7. The lowest BCUT2D eigenvalue weighted by Gasteiger charge is -2.24. The molecule has 3 atom stereocenters. The summed E-state index contributed by atoms with van der Waals surface area (Å²) in [5, 5.41) is 6.71. The molecule has 1 heterocycles. The summed E-state index contributed by atoms with van der Waals surface area (Å²) in [6.07, 6.45) is 11.7. The molecule has 23 heavy (non-hydrogen) atoms. The van der Waals surface area contributed by atoms with Gasteiger partial charge in [-0.15, -0.1) is 24.8 Å². The van der Waals surface area contributed by atoms with Crippen LogP contribution in [0.15, 0.2) is 0 Å². The van der Waals surface area contributed by atoms with Crippen LogP contribution in [0.1, 0.15) is 57.8 Å². The molecule has 0 radical (unpaired) electrons. The van der Waals surface area contributed by atoms with Crippen LogP contribution in [0.5, 0.6) is 0 Å². The zero-order valence-electron chi connectivity index (χ0n) is 14.3. The van der Waals surface area contributed by atoms with Crippen LogP contribution in [0.4, 0.5) is 0 Å². The molecule has 2 N–H and O–H groups in total. The molecular formula is C17H33Cl2N3O. The lowest BCUT2D eigenvalue weighted by Crippen LogP contribution is -2.45. The van der Waals surface area contributed by atoms with Crippen molar-refractivity contribution in [2.24, 2.45) is 5.92 Å². The molecule has 3 fully saturated rings. The van der Waals surface area contributed by atoms with Crippen molar-refractivity contribution in [3.63, 3.8) is 0 Å². The van der Waals surface area contributed by atoms with Crippen molar-refractivity contribution < 1.29 is 4.79 Å². The van der Waals surface area contributed by atoms with E-state index in [2.05, 4.69) is 22.6 Å². The summed E-state index contributed by atoms with van der Waals surface area (Å²) in [4.78, 5) is 14.7. The number of nitrogens with one attached hydrogen (secondary N) is 2. The first kappa shape index (κ1) is 21.0. The van der Waals surface area contributed by atoms with E-state index in [1.165, 1.54) is 51.4 Å². The highest BCUT2D eigenvalue weighted by Gasteiger charge is 2.38. The Hall–Kier alpha value is -0.0300. The first-order chi connectivity index (χ1) is 10.2. The zero-order valence-corrected chi connectivity index (χ0v) is 15.9. The third-order valence-corrected chi connectivity index (χ3v) is 5.89. The lowest BCUT2D eigenvalue weighted by molar-refractivity contribution is -0.122. The number of halogens is 2. The number of carbonyl (C=O) groups excluding carboxylic acids is 1. The van der Waals surface area contributed by atoms with Crippen LogP contribution in [0, 0.1) is 5.92 Å². The van der Waals surface area contributed by atoms with E-state index in [0.29, 0.717) is 6.04 Å². The minimum atomic E-state index is 0. The van der Waals surface area contributed by atoms with Crippen molar-refractivity contribution in [1.29, 1.82) is 0 Å². The van der Waals surface area contributed by atoms with E-state index >= 15 is 0 Å². The van der Waals surface area contributed by atoms with E-state index in [1.54, 1.807) is 0 Å². The second-order valence-electron chi connectivity index (χ2n) is 7.32. The molecule has 0 spiro atoms. The standard InChI is InChI=1S/C17H31N3O.2ClH/c1-20(14-7-3-4-8-14)11-10-18-17(21)16-12-13-6-2-5-9-15(13)19-16;;/h13-16,19H,2-12H2,1H3,(H,18,21);2*1H. The molecular weight excluding hydrogens is 333 g/mol. The molecule has 0 bridgehead atoms. The van der Waals surface area contributed by atoms with Gasteiger partial charge in [0.1, 0.15) is 0 Å². The van der Waals surface area contributed by atoms with Crippen molar-refractivity contribution in [2.45, 2.75) is 75.9 Å². The van der Waals surface area contributed by atoms with Crippen molar-refractivity contribution in [3.05, 3.63) is 0 Å². The summed E-state index contributed by atoms with van der Waals surface area (Å²) in [7, 11) is 2.20. The van der Waals surface area contributed by atoms with Gasteiger partial charge in [0.05, 0.1) is 6.04 Å². The van der Waals surface area contributed by atoms with E-state index in [-0.39, 0.29) is 36.8 Å². The van der Waals surface area contributed by atoms with E-state index < -0.39 is 0 Å². The minimum absolute atomic E-state index is 0. The molecule has 3 unspecified atom stereocenters. The smallest absolute Gasteiger partial charge is 0.237 e. The van der Waals surface area contributed by atoms with Crippen molar-refractivity contribution >= 4 is 30.7 Å². The van der Waals surface area contributed by atoms with Gasteiger partial charge in [-0.2, -0.15) is 0 Å². The van der Waals surface area contributed by atoms with Gasteiger partial charge in [0.25, 0.3) is 0 Å². The lowest BCUT2D eigenvalue weighted by atomic mass is 9.85. The highest BCUT2D eigenvalue weighted by atomic mass is 35.5. The van der Waals surface area contributed by atoms with Crippen molar-refractivity contribution in [1.82, 2.24) is 15.5 Å². The molecule has 0 aromatic carbocycles. The molecule has 2 aliphatic carbocycles. The number of rotatable bonds is 5. The highest BCUT2D eigenvalue weighted by Crippen LogP contribution is 2.33. The number of fused-ring (bicyclic) bond motifs is 1. The summed E-state index contributed by atoms with van der Waals surface area (Å²) in [5.41, 5.74) is 0. The average molecular weight is 366 g/mol. The Morgan fingerprint density at radius 1 is 1.09 bits per heavy atom. The first-order valence-corrected chi connectivity index (χ1v) is 8.98. The Balaban J connectivity index is 0.00000132. The molecule has 6 heteroatoms. The molecule has 1 aliphatic heterocycles. The van der Waals surface area contributed by atoms with Gasteiger partial charge < -0.3 is 15.5 Å². The van der Waals surface area contributed by atoms with Crippen LogP contribution in [-0.2, 0) is 4.79 Å². The van der Waals surface area contributed by atoms with Gasteiger partial charge in [-0.05, 0) is 45.1 Å². The molecule has 3 rings (SSSR count). The fourth-order valence-corrected chi connectivity index (χ4v) is 4.53. The summed E-state index contributed by atoms with van der Waals surface area (Å²) in [6.45, 7) is 1.77. The summed E-state index contributed by atoms with van der Waals surface area (Å²) in [6, 6.07) is 1.42. The summed E-state index contributed by atoms with van der Waals surface area (Å²) < 4.78 is 0. The van der Waals surface area contributed by atoms with Crippen molar-refractivity contribution in [3.8, 4) is 0 Å². The van der Waals surface area contributed by atoms with Gasteiger partial charge in [-0.3, -0.25) is 4.79 Å². The van der Waals surface area contributed by atoms with Crippen LogP contribution < -0.4 is 10.6 Å². The first-order valence-electron chi connectivity index (χ1n) is 8.98. The largest absolute Gasteiger partial charge is 0.353 e. The summed E-state index contributed by atoms with van der Waals surface area (Å²) >= 11 is 0. The average Bonchev–Trinajstić information content (AvgIpc) is 3.16. The predicted molar refractivity (Wildman–Crippen MR) is 99.7 cm³/mol. The second-order valence-corrected chi connectivity index (χ2v) is 7.32. The number of amides is 1. The molecule has 1 amide bonds. The molecule has 136 valence electrons. The van der Waals surface area contributed by atoms with Crippen LogP contribution >= 0.6 is 24.8 Å². The fourth-order valence-electron chi connectivity index (χ4n) is 4.53. The van der Waals surface area contributed by atoms with Crippen LogP contribution in [0.3, 0.4) is 0 Å². The topological polar surface area (TPSA) is 44.4 Å². The quantitative estimate of drug-likeness (QED) is 0.787. The third-order valence-electron chi connectivity index (χ3n) is 5.89. The molecule has 1 saturated heterocycles. The van der Waals surface area contributed by atoms with Crippen LogP contribution in [-0.4, -0.2) is 49.1 Å².